The van der Waals surface area contributed by atoms with Gasteiger partial charge >= 0.3 is 7.12 Å². The van der Waals surface area contributed by atoms with Crippen molar-refractivity contribution in [3.05, 3.63) is 24.0 Å². The van der Waals surface area contributed by atoms with Crippen molar-refractivity contribution >= 4 is 12.6 Å². The zero-order valence-electron chi connectivity index (χ0n) is 13.3. The molecule has 1 aromatic heterocycles. The van der Waals surface area contributed by atoms with E-state index in [0.717, 1.165) is 0 Å². The Hall–Kier alpha value is -1.80. The van der Waals surface area contributed by atoms with Gasteiger partial charge in [0, 0.05) is 5.46 Å². The van der Waals surface area contributed by atoms with Crippen LogP contribution >= 0.6 is 0 Å². The van der Waals surface area contributed by atoms with Crippen molar-refractivity contribution in [2.24, 2.45) is 7.05 Å². The second kappa shape index (κ2) is 4.86. The fraction of sp³-hybridized carbons (Fsp3) is 0.500. The molecule has 0 unspecified atom stereocenters. The summed E-state index contributed by atoms with van der Waals surface area (Å²) in [6.45, 7) is 7.72. The molecule has 0 aliphatic carbocycles. The molecule has 1 saturated heterocycles. The number of rotatable bonds is 2. The molecule has 1 aliphatic heterocycles. The van der Waals surface area contributed by atoms with E-state index < -0.39 is 24.1 Å². The minimum atomic E-state index is -0.762. The smallest absolute Gasteiger partial charge is 0.399 e. The molecule has 0 N–H and O–H groups in total. The molecule has 2 heterocycles. The molecule has 1 aromatic carbocycles. The van der Waals surface area contributed by atoms with E-state index in [1.807, 2.05) is 27.7 Å². The fourth-order valence-corrected chi connectivity index (χ4v) is 2.27. The third-order valence-corrected chi connectivity index (χ3v) is 4.29. The van der Waals surface area contributed by atoms with E-state index in [4.69, 9.17) is 9.31 Å². The van der Waals surface area contributed by atoms with Crippen molar-refractivity contribution in [1.29, 1.82) is 0 Å². The van der Waals surface area contributed by atoms with Gasteiger partial charge in [-0.1, -0.05) is 12.1 Å². The Balaban J connectivity index is 2.00. The Labute approximate surface area is 128 Å². The first-order valence-corrected chi connectivity index (χ1v) is 7.10. The number of hydrogen-bond acceptors (Lipinski definition) is 5. The molecule has 0 atom stereocenters. The first-order valence-electron chi connectivity index (χ1n) is 7.10. The molecule has 0 spiro atoms. The number of halogens is 1. The summed E-state index contributed by atoms with van der Waals surface area (Å²) < 4.78 is 26.7. The Morgan fingerprint density at radius 3 is 2.32 bits per heavy atom. The summed E-state index contributed by atoms with van der Waals surface area (Å²) in [6, 6.07) is 4.99. The number of benzene rings is 1. The summed E-state index contributed by atoms with van der Waals surface area (Å²) in [6.07, 6.45) is 0. The molecule has 0 amide bonds. The minimum Gasteiger partial charge on any atom is -0.399 e. The van der Waals surface area contributed by atoms with Crippen LogP contribution in [0.1, 0.15) is 27.7 Å². The minimum absolute atomic E-state index is 0.235. The lowest BCUT2D eigenvalue weighted by atomic mass is 9.77. The van der Waals surface area contributed by atoms with E-state index >= 15 is 0 Å². The maximum absolute atomic E-state index is 14.8. The second-order valence-electron chi connectivity index (χ2n) is 6.40. The predicted molar refractivity (Wildman–Crippen MR) is 79.9 cm³/mol. The van der Waals surface area contributed by atoms with Crippen LogP contribution in [0.5, 0.6) is 0 Å². The van der Waals surface area contributed by atoms with Gasteiger partial charge in [0.1, 0.15) is 5.82 Å². The van der Waals surface area contributed by atoms with Crippen LogP contribution in [0.3, 0.4) is 0 Å². The van der Waals surface area contributed by atoms with Gasteiger partial charge in [-0.25, -0.2) is 4.39 Å². The lowest BCUT2D eigenvalue weighted by Gasteiger charge is -2.32. The Bertz CT molecular complexity index is 701. The molecule has 1 aliphatic rings. The highest BCUT2D eigenvalue weighted by Gasteiger charge is 2.52. The SMILES string of the molecule is Cn1nnc(-c2cccc(B3OC(C)(C)C(C)(C)O3)c2F)n1. The van der Waals surface area contributed by atoms with Crippen molar-refractivity contribution in [2.75, 3.05) is 0 Å². The highest BCUT2D eigenvalue weighted by Crippen LogP contribution is 2.36. The van der Waals surface area contributed by atoms with Gasteiger partial charge in [-0.15, -0.1) is 10.2 Å². The van der Waals surface area contributed by atoms with Gasteiger partial charge in [-0.3, -0.25) is 0 Å². The molecule has 116 valence electrons. The second-order valence-corrected chi connectivity index (χ2v) is 6.40. The van der Waals surface area contributed by atoms with E-state index in [2.05, 4.69) is 15.4 Å². The normalized spacial score (nSPS) is 19.6. The van der Waals surface area contributed by atoms with Gasteiger partial charge in [0.25, 0.3) is 0 Å². The molecular formula is C14H18BFN4O2. The zero-order chi connectivity index (χ0) is 16.1. The fourth-order valence-electron chi connectivity index (χ4n) is 2.27. The van der Waals surface area contributed by atoms with Crippen molar-refractivity contribution < 1.29 is 13.7 Å². The molecule has 1 fully saturated rings. The highest BCUT2D eigenvalue weighted by molar-refractivity contribution is 6.62. The number of nitrogens with zero attached hydrogens (tertiary/aromatic N) is 4. The van der Waals surface area contributed by atoms with Crippen LogP contribution in [0.25, 0.3) is 11.4 Å². The average molecular weight is 304 g/mol. The Morgan fingerprint density at radius 1 is 1.14 bits per heavy atom. The highest BCUT2D eigenvalue weighted by atomic mass is 19.1. The molecular weight excluding hydrogens is 286 g/mol. The van der Waals surface area contributed by atoms with Crippen molar-refractivity contribution in [1.82, 2.24) is 20.2 Å². The lowest BCUT2D eigenvalue weighted by molar-refractivity contribution is 0.00578. The van der Waals surface area contributed by atoms with Gasteiger partial charge in [0.2, 0.25) is 5.82 Å². The average Bonchev–Trinajstić information content (AvgIpc) is 2.92. The largest absolute Gasteiger partial charge is 0.497 e. The van der Waals surface area contributed by atoms with Gasteiger partial charge in [0.15, 0.2) is 0 Å². The van der Waals surface area contributed by atoms with E-state index in [9.17, 15) is 4.39 Å². The maximum atomic E-state index is 14.8. The molecule has 8 heteroatoms. The summed E-state index contributed by atoms with van der Waals surface area (Å²) in [5.41, 5.74) is -0.431. The third-order valence-electron chi connectivity index (χ3n) is 4.29. The summed E-state index contributed by atoms with van der Waals surface area (Å²) in [5, 5.41) is 11.6. The third kappa shape index (κ3) is 2.32. The van der Waals surface area contributed by atoms with Gasteiger partial charge < -0.3 is 9.31 Å². The molecule has 0 saturated carbocycles. The number of hydrogen-bond donors (Lipinski definition) is 0. The summed E-state index contributed by atoms with van der Waals surface area (Å²) in [7, 11) is 0.869. The summed E-state index contributed by atoms with van der Waals surface area (Å²) in [5.74, 6) is -0.215. The van der Waals surface area contributed by atoms with Crippen LogP contribution in [-0.4, -0.2) is 38.5 Å². The first-order chi connectivity index (χ1) is 10.2. The van der Waals surface area contributed by atoms with E-state index in [-0.39, 0.29) is 11.4 Å². The van der Waals surface area contributed by atoms with Crippen LogP contribution in [0.15, 0.2) is 18.2 Å². The zero-order valence-corrected chi connectivity index (χ0v) is 13.3. The maximum Gasteiger partial charge on any atom is 0.497 e. The Kier molecular flexibility index (Phi) is 3.34. The summed E-state index contributed by atoms with van der Waals surface area (Å²) >= 11 is 0. The quantitative estimate of drug-likeness (QED) is 0.783. The van der Waals surface area contributed by atoms with Crippen LogP contribution < -0.4 is 5.46 Å². The molecule has 3 rings (SSSR count). The van der Waals surface area contributed by atoms with Crippen molar-refractivity contribution in [3.63, 3.8) is 0 Å². The topological polar surface area (TPSA) is 62.1 Å². The standard InChI is InChI=1S/C14H18BFN4O2/c1-13(2)14(3,4)22-15(21-13)10-8-6-7-9(11(10)16)12-17-19-20(5)18-12/h6-8H,1-5H3. The van der Waals surface area contributed by atoms with Crippen LogP contribution in [0, 0.1) is 5.82 Å². The van der Waals surface area contributed by atoms with Crippen LogP contribution in [-0.2, 0) is 16.4 Å². The predicted octanol–water partition coefficient (Wildman–Crippen LogP) is 1.32. The van der Waals surface area contributed by atoms with E-state index in [0.29, 0.717) is 5.46 Å². The first kappa shape index (κ1) is 15.1. The van der Waals surface area contributed by atoms with Gasteiger partial charge in [-0.05, 0) is 39.0 Å². The molecule has 6 nitrogen and oxygen atoms in total. The van der Waals surface area contributed by atoms with Crippen LogP contribution in [0.2, 0.25) is 0 Å². The van der Waals surface area contributed by atoms with E-state index in [1.165, 1.54) is 4.80 Å². The van der Waals surface area contributed by atoms with Crippen LogP contribution in [0.4, 0.5) is 4.39 Å². The van der Waals surface area contributed by atoms with Gasteiger partial charge in [0.05, 0.1) is 23.8 Å². The molecule has 0 bridgehead atoms. The summed E-state index contributed by atoms with van der Waals surface area (Å²) in [4.78, 5) is 1.29. The molecule has 22 heavy (non-hydrogen) atoms. The lowest BCUT2D eigenvalue weighted by Crippen LogP contribution is -2.41. The monoisotopic (exact) mass is 304 g/mol. The molecule has 2 aromatic rings. The number of aromatic nitrogens is 4. The molecule has 0 radical (unpaired) electrons. The number of aryl methyl sites for hydroxylation is 1. The van der Waals surface area contributed by atoms with Crippen molar-refractivity contribution in [3.8, 4) is 11.4 Å². The number of tetrazole rings is 1. The Morgan fingerprint density at radius 2 is 1.77 bits per heavy atom. The van der Waals surface area contributed by atoms with Gasteiger partial charge in [-0.2, -0.15) is 4.80 Å². The van der Waals surface area contributed by atoms with Crippen molar-refractivity contribution in [2.45, 2.75) is 38.9 Å². The van der Waals surface area contributed by atoms with E-state index in [1.54, 1.807) is 25.2 Å².